The lowest BCUT2D eigenvalue weighted by atomic mass is 10.2. The third-order valence-corrected chi connectivity index (χ3v) is 1.65. The first-order chi connectivity index (χ1) is 6.47. The first kappa shape index (κ1) is 13.4. The van der Waals surface area contributed by atoms with E-state index in [-0.39, 0.29) is 37.3 Å². The maximum absolute atomic E-state index is 11.1. The number of hydrogen-bond donors (Lipinski definition) is 1. The molecule has 0 saturated heterocycles. The molecule has 0 aromatic heterocycles. The monoisotopic (exact) mass is 204 g/mol. The zero-order valence-corrected chi connectivity index (χ0v) is 9.32. The largest absolute Gasteiger partial charge is 0.463 e. The summed E-state index contributed by atoms with van der Waals surface area (Å²) in [6.45, 7) is 7.35. The fourth-order valence-corrected chi connectivity index (χ4v) is 0.845. The summed E-state index contributed by atoms with van der Waals surface area (Å²) >= 11 is 0. The van der Waals surface area contributed by atoms with Crippen molar-refractivity contribution in [1.82, 2.24) is 0 Å². The van der Waals surface area contributed by atoms with Crippen molar-refractivity contribution in [3.05, 3.63) is 0 Å². The van der Waals surface area contributed by atoms with Gasteiger partial charge in [0.1, 0.15) is 6.61 Å². The molecule has 0 radical (unpaired) electrons. The summed E-state index contributed by atoms with van der Waals surface area (Å²) in [7, 11) is 0. The normalized spacial score (nSPS) is 15.3. The van der Waals surface area contributed by atoms with Crippen molar-refractivity contribution in [3.8, 4) is 0 Å². The number of aliphatic hydroxyl groups excluding tert-OH is 1. The Morgan fingerprint density at radius 3 is 2.21 bits per heavy atom. The lowest BCUT2D eigenvalue weighted by molar-refractivity contribution is -0.152. The zero-order valence-electron chi connectivity index (χ0n) is 9.32. The third kappa shape index (κ3) is 5.94. The second kappa shape index (κ2) is 6.79. The van der Waals surface area contributed by atoms with Gasteiger partial charge < -0.3 is 14.6 Å². The molecule has 1 N–H and O–H groups in total. The Bertz CT molecular complexity index is 168. The molecule has 0 aliphatic carbocycles. The van der Waals surface area contributed by atoms with Gasteiger partial charge in [0, 0.05) is 0 Å². The highest BCUT2D eigenvalue weighted by Crippen LogP contribution is 2.01. The Morgan fingerprint density at radius 1 is 1.21 bits per heavy atom. The summed E-state index contributed by atoms with van der Waals surface area (Å²) in [4.78, 5) is 11.1. The van der Waals surface area contributed by atoms with Crippen LogP contribution in [0.4, 0.5) is 0 Å². The molecule has 0 aromatic carbocycles. The molecule has 0 fully saturated rings. The summed E-state index contributed by atoms with van der Waals surface area (Å²) in [6, 6.07) is 0. The van der Waals surface area contributed by atoms with Crippen LogP contribution in [-0.4, -0.2) is 36.5 Å². The molecule has 0 aliphatic rings. The molecule has 0 heterocycles. The smallest absolute Gasteiger partial charge is 0.308 e. The minimum absolute atomic E-state index is 0.0253. The topological polar surface area (TPSA) is 55.8 Å². The van der Waals surface area contributed by atoms with Crippen LogP contribution in [0, 0.1) is 5.92 Å². The molecule has 0 saturated carbocycles. The quantitative estimate of drug-likeness (QED) is 0.655. The van der Waals surface area contributed by atoms with Gasteiger partial charge in [-0.2, -0.15) is 0 Å². The first-order valence-electron chi connectivity index (χ1n) is 4.90. The lowest BCUT2D eigenvalue weighted by Gasteiger charge is -2.17. The summed E-state index contributed by atoms with van der Waals surface area (Å²) in [5, 5.41) is 8.72. The summed E-state index contributed by atoms with van der Waals surface area (Å²) < 4.78 is 10.3. The van der Waals surface area contributed by atoms with Gasteiger partial charge in [-0.3, -0.25) is 4.79 Å². The van der Waals surface area contributed by atoms with Crippen LogP contribution in [0.15, 0.2) is 0 Å². The molecule has 14 heavy (non-hydrogen) atoms. The van der Waals surface area contributed by atoms with E-state index in [1.54, 1.807) is 27.7 Å². The van der Waals surface area contributed by atoms with Crippen LogP contribution in [0.3, 0.4) is 0 Å². The molecule has 0 rings (SSSR count). The van der Waals surface area contributed by atoms with E-state index in [2.05, 4.69) is 0 Å². The Kier molecular flexibility index (Phi) is 6.49. The van der Waals surface area contributed by atoms with Crippen molar-refractivity contribution in [2.75, 3.05) is 13.2 Å². The van der Waals surface area contributed by atoms with E-state index in [1.807, 2.05) is 0 Å². The van der Waals surface area contributed by atoms with Gasteiger partial charge in [0.15, 0.2) is 0 Å². The number of rotatable bonds is 6. The average Bonchev–Trinajstić information content (AvgIpc) is 2.13. The fraction of sp³-hybridized carbons (Fsp3) is 0.900. The van der Waals surface area contributed by atoms with Crippen LogP contribution in [-0.2, 0) is 14.3 Å². The van der Waals surface area contributed by atoms with E-state index in [0.717, 1.165) is 0 Å². The number of ether oxygens (including phenoxy) is 2. The fourth-order valence-electron chi connectivity index (χ4n) is 0.845. The van der Waals surface area contributed by atoms with Gasteiger partial charge in [-0.05, 0) is 13.8 Å². The highest BCUT2D eigenvalue weighted by Gasteiger charge is 2.12. The second-order valence-corrected chi connectivity index (χ2v) is 3.72. The second-order valence-electron chi connectivity index (χ2n) is 3.72. The molecule has 0 spiro atoms. The summed E-state index contributed by atoms with van der Waals surface area (Å²) in [5.74, 6) is -0.338. The van der Waals surface area contributed by atoms with E-state index in [0.29, 0.717) is 0 Å². The zero-order chi connectivity index (χ0) is 11.1. The molecule has 2 unspecified atom stereocenters. The minimum atomic E-state index is -0.225. The van der Waals surface area contributed by atoms with Crippen LogP contribution in [0.2, 0.25) is 0 Å². The molecular formula is C10H20O4. The van der Waals surface area contributed by atoms with Crippen LogP contribution >= 0.6 is 0 Å². The van der Waals surface area contributed by atoms with Crippen molar-refractivity contribution >= 4 is 5.97 Å². The molecule has 84 valence electrons. The predicted molar refractivity (Wildman–Crippen MR) is 52.9 cm³/mol. The Balaban J connectivity index is 3.63. The maximum Gasteiger partial charge on any atom is 0.308 e. The number of aliphatic hydroxyl groups is 1. The van der Waals surface area contributed by atoms with Crippen LogP contribution in [0.1, 0.15) is 27.7 Å². The Morgan fingerprint density at radius 2 is 1.79 bits per heavy atom. The summed E-state index contributed by atoms with van der Waals surface area (Å²) in [6.07, 6.45) is -0.400. The minimum Gasteiger partial charge on any atom is -0.463 e. The van der Waals surface area contributed by atoms with Crippen LogP contribution in [0.25, 0.3) is 0 Å². The van der Waals surface area contributed by atoms with Gasteiger partial charge in [-0.1, -0.05) is 13.8 Å². The highest BCUT2D eigenvalue weighted by molar-refractivity contribution is 5.71. The first-order valence-corrected chi connectivity index (χ1v) is 4.90. The van der Waals surface area contributed by atoms with E-state index < -0.39 is 0 Å². The SMILES string of the molecule is CC(CO)OC(C)COC(=O)C(C)C. The Hall–Kier alpha value is -0.610. The number of esters is 1. The summed E-state index contributed by atoms with van der Waals surface area (Å²) in [5.41, 5.74) is 0. The molecule has 0 aromatic rings. The Labute approximate surface area is 85.2 Å². The van der Waals surface area contributed by atoms with Gasteiger partial charge in [-0.15, -0.1) is 0 Å². The van der Waals surface area contributed by atoms with Gasteiger partial charge >= 0.3 is 5.97 Å². The van der Waals surface area contributed by atoms with Gasteiger partial charge in [0.05, 0.1) is 24.7 Å². The number of hydrogen-bond acceptors (Lipinski definition) is 4. The van der Waals surface area contributed by atoms with Gasteiger partial charge in [0.2, 0.25) is 0 Å². The molecule has 0 aliphatic heterocycles. The molecule has 4 heteroatoms. The third-order valence-electron chi connectivity index (χ3n) is 1.65. The van der Waals surface area contributed by atoms with Crippen molar-refractivity contribution < 1.29 is 19.4 Å². The van der Waals surface area contributed by atoms with E-state index >= 15 is 0 Å². The van der Waals surface area contributed by atoms with Crippen LogP contribution < -0.4 is 0 Å². The van der Waals surface area contributed by atoms with E-state index in [1.165, 1.54) is 0 Å². The molecule has 0 bridgehead atoms. The number of carbonyl (C=O) groups is 1. The molecular weight excluding hydrogens is 184 g/mol. The van der Waals surface area contributed by atoms with E-state index in [4.69, 9.17) is 14.6 Å². The van der Waals surface area contributed by atoms with Gasteiger partial charge in [-0.25, -0.2) is 0 Å². The highest BCUT2D eigenvalue weighted by atomic mass is 16.6. The van der Waals surface area contributed by atoms with E-state index in [9.17, 15) is 4.79 Å². The van der Waals surface area contributed by atoms with Gasteiger partial charge in [0.25, 0.3) is 0 Å². The average molecular weight is 204 g/mol. The molecule has 0 amide bonds. The van der Waals surface area contributed by atoms with Crippen molar-refractivity contribution in [2.24, 2.45) is 5.92 Å². The molecule has 2 atom stereocenters. The van der Waals surface area contributed by atoms with Crippen LogP contribution in [0.5, 0.6) is 0 Å². The lowest BCUT2D eigenvalue weighted by Crippen LogP contribution is -2.26. The molecule has 4 nitrogen and oxygen atoms in total. The van der Waals surface area contributed by atoms with Crippen molar-refractivity contribution in [2.45, 2.75) is 39.9 Å². The van der Waals surface area contributed by atoms with Crippen molar-refractivity contribution in [3.63, 3.8) is 0 Å². The standard InChI is InChI=1S/C10H20O4/c1-7(2)10(12)13-6-9(4)14-8(3)5-11/h7-9,11H,5-6H2,1-4H3. The van der Waals surface area contributed by atoms with Crippen molar-refractivity contribution in [1.29, 1.82) is 0 Å². The predicted octanol–water partition coefficient (Wildman–Crippen LogP) is 0.971. The number of carbonyl (C=O) groups excluding carboxylic acids is 1. The maximum atomic E-state index is 11.1.